The van der Waals surface area contributed by atoms with Gasteiger partial charge in [0.05, 0.1) is 45.2 Å². The number of hydrogen-bond acceptors (Lipinski definition) is 20. The number of nitrogens with zero attached hydrogens (tertiary/aromatic N) is 10. The molecule has 30 heteroatoms. The number of fused-ring (bicyclic) bond motifs is 3. The number of carbonyl (C=O) groups excluding carboxylic acids is 5. The summed E-state index contributed by atoms with van der Waals surface area (Å²) in [6.07, 6.45) is 7.29. The number of pyridine rings is 1. The monoisotopic (exact) mass is 1260 g/mol. The van der Waals surface area contributed by atoms with E-state index in [1.165, 1.54) is 11.3 Å². The molecule has 3 fully saturated rings. The van der Waals surface area contributed by atoms with Crippen LogP contribution in [0, 0.1) is 5.92 Å². The molecule has 29 nitrogen and oxygen atoms in total. The van der Waals surface area contributed by atoms with Crippen LogP contribution in [0.25, 0.3) is 27.4 Å². The van der Waals surface area contributed by atoms with Crippen LogP contribution in [-0.4, -0.2) is 257 Å². The fourth-order valence-electron chi connectivity index (χ4n) is 11.2. The summed E-state index contributed by atoms with van der Waals surface area (Å²) in [5.41, 5.74) is 14.8. The highest BCUT2D eigenvalue weighted by atomic mass is 32.1. The van der Waals surface area contributed by atoms with Crippen molar-refractivity contribution in [1.29, 1.82) is 0 Å². The number of benzene rings is 1. The molecule has 1 aliphatic carbocycles. The highest BCUT2D eigenvalue weighted by molar-refractivity contribution is 7.12. The Morgan fingerprint density at radius 2 is 1.49 bits per heavy atom. The van der Waals surface area contributed by atoms with Gasteiger partial charge in [-0.15, -0.1) is 11.3 Å². The molecule has 4 aromatic rings. The average molecular weight is 1260 g/mol. The molecule has 2 unspecified atom stereocenters. The molecule has 2 saturated heterocycles. The molecule has 89 heavy (non-hydrogen) atoms. The number of thiophene rings is 1. The fourth-order valence-corrected chi connectivity index (χ4v) is 11.8. The van der Waals surface area contributed by atoms with Gasteiger partial charge in [-0.2, -0.15) is 5.10 Å². The van der Waals surface area contributed by atoms with Gasteiger partial charge >= 0.3 is 17.9 Å². The summed E-state index contributed by atoms with van der Waals surface area (Å²) in [5.74, 6) is -2.78. The summed E-state index contributed by atoms with van der Waals surface area (Å²) >= 11 is 1.49. The molecule has 0 radical (unpaired) electrons. The number of carbonyl (C=O) groups is 8. The number of carboxylic acids is 3. The summed E-state index contributed by atoms with van der Waals surface area (Å²) in [6, 6.07) is 8.46. The number of nitrogens with one attached hydrogen (secondary N) is 3. The van der Waals surface area contributed by atoms with Crippen molar-refractivity contribution in [3.8, 4) is 44.6 Å². The lowest BCUT2D eigenvalue weighted by atomic mass is 9.84. The first kappa shape index (κ1) is 66.7. The summed E-state index contributed by atoms with van der Waals surface area (Å²) in [5, 5.41) is 45.2. The minimum Gasteiger partial charge on any atom is -0.496 e. The highest BCUT2D eigenvalue weighted by Crippen LogP contribution is 2.47. The molecule has 482 valence electrons. The Morgan fingerprint density at radius 3 is 2.11 bits per heavy atom. The third kappa shape index (κ3) is 18.9. The number of amides is 4. The molecule has 1 aromatic carbocycles. The van der Waals surface area contributed by atoms with E-state index in [2.05, 4.69) is 25.9 Å². The Hall–Kier alpha value is -8.29. The molecule has 0 spiro atoms. The number of nitrogens with two attached hydrogens (primary N) is 2. The van der Waals surface area contributed by atoms with E-state index in [1.807, 2.05) is 40.6 Å². The number of aliphatic imine (C=N–C) groups is 1. The van der Waals surface area contributed by atoms with Gasteiger partial charge in [-0.3, -0.25) is 68.5 Å². The molecule has 10 N–H and O–H groups in total. The Balaban J connectivity index is 0.873. The van der Waals surface area contributed by atoms with Crippen LogP contribution >= 0.6 is 11.3 Å². The van der Waals surface area contributed by atoms with Crippen LogP contribution in [0.2, 0.25) is 0 Å². The van der Waals surface area contributed by atoms with Crippen molar-refractivity contribution in [3.05, 3.63) is 59.4 Å². The van der Waals surface area contributed by atoms with Gasteiger partial charge in [0.2, 0.25) is 17.7 Å². The molecule has 0 bridgehead atoms. The van der Waals surface area contributed by atoms with E-state index in [0.717, 1.165) is 24.3 Å². The van der Waals surface area contributed by atoms with E-state index in [1.54, 1.807) is 48.7 Å². The SMILES string of the molecule is COc1cc2c(cc1-c1cncc(OCCCNC(=O)C(CCCN=C(N)N)NC(=O)CCNC(C=O)N3CCN(CC(=O)O)CCN(CC(=O)O)CCN(CC(=O)O)CC3)c1)-c1c(c(C(=O)N3CCCN(C(=O)C4CCC4)CC3)nn1-c1cccs1)CO2. The predicted molar refractivity (Wildman–Crippen MR) is 327 cm³/mol. The van der Waals surface area contributed by atoms with Gasteiger partial charge in [0.15, 0.2) is 17.9 Å². The Morgan fingerprint density at radius 1 is 0.820 bits per heavy atom. The maximum atomic E-state index is 14.5. The average Bonchev–Trinajstić information content (AvgIpc) is 1.69. The van der Waals surface area contributed by atoms with Gasteiger partial charge in [0.1, 0.15) is 41.1 Å². The zero-order valence-electron chi connectivity index (χ0n) is 50.1. The highest BCUT2D eigenvalue weighted by Gasteiger charge is 2.36. The van der Waals surface area contributed by atoms with Gasteiger partial charge in [0.25, 0.3) is 5.91 Å². The number of aliphatic carboxylic acids is 3. The van der Waals surface area contributed by atoms with Crippen LogP contribution in [0.1, 0.15) is 67.4 Å². The number of methoxy groups -OCH3 is 1. The van der Waals surface area contributed by atoms with Crippen LogP contribution in [0.4, 0.5) is 0 Å². The van der Waals surface area contributed by atoms with Crippen molar-refractivity contribution >= 4 is 65.1 Å². The van der Waals surface area contributed by atoms with Gasteiger partial charge in [0, 0.05) is 145 Å². The Kier molecular flexibility index (Phi) is 24.6. The largest absolute Gasteiger partial charge is 0.496 e. The van der Waals surface area contributed by atoms with Crippen molar-refractivity contribution < 1.29 is 67.9 Å². The van der Waals surface area contributed by atoms with E-state index in [9.17, 15) is 53.7 Å². The molecule has 2 atom stereocenters. The standard InChI is InChI=1S/C59H81N15O14S/c1-86-46-31-47-43(55-44(38-88-47)54(67-74(55)50-10-4-28-89-50)58(85)73-16-6-15-72(25-26-73)57(84)39-7-2-8-39)30-42(46)40-29-41(33-62-32-40)87-27-5-13-64-56(83)45(9-3-12-65-59(60)61)66-49(76)11-14-63-48(37-75)71-23-21-69(35-52(79)80)19-17-68(34-51(77)78)18-20-70(22-24-71)36-53(81)82/h4,10,28-33,37,39,45,48,63H,2-3,5-9,11-27,34-36,38H2,1H3,(H,64,83)(H,66,76)(H,77,78)(H,79,80)(H,81,82)(H4,60,61,65). The van der Waals surface area contributed by atoms with Gasteiger partial charge in [-0.1, -0.05) is 6.42 Å². The first-order valence-corrected chi connectivity index (χ1v) is 30.9. The van der Waals surface area contributed by atoms with Gasteiger partial charge < -0.3 is 66.2 Å². The van der Waals surface area contributed by atoms with Gasteiger partial charge in [-0.25, -0.2) is 4.68 Å². The lowest BCUT2D eigenvalue weighted by molar-refractivity contribution is -0.140. The second kappa shape index (κ2) is 32.8. The molecule has 6 heterocycles. The molecule has 4 aliphatic rings. The van der Waals surface area contributed by atoms with E-state index >= 15 is 0 Å². The van der Waals surface area contributed by atoms with Crippen LogP contribution in [-0.2, 0) is 40.2 Å². The van der Waals surface area contributed by atoms with Crippen LogP contribution < -0.4 is 41.6 Å². The van der Waals surface area contributed by atoms with E-state index < -0.39 is 41.9 Å². The maximum Gasteiger partial charge on any atom is 0.317 e. The molecule has 3 aromatic heterocycles. The normalized spacial score (nSPS) is 17.1. The quantitative estimate of drug-likeness (QED) is 0.0166. The minimum absolute atomic E-state index is 0.00726. The van der Waals surface area contributed by atoms with Crippen molar-refractivity contribution in [1.82, 2.24) is 60.1 Å². The summed E-state index contributed by atoms with van der Waals surface area (Å²) in [4.78, 5) is 121. The van der Waals surface area contributed by atoms with Crippen LogP contribution in [0.15, 0.2) is 53.1 Å². The zero-order chi connectivity index (χ0) is 63.4. The van der Waals surface area contributed by atoms with Crippen molar-refractivity contribution in [2.24, 2.45) is 22.4 Å². The second-order valence-corrected chi connectivity index (χ2v) is 23.2. The van der Waals surface area contributed by atoms with E-state index in [0.29, 0.717) is 103 Å². The summed E-state index contributed by atoms with van der Waals surface area (Å²) < 4.78 is 20.2. The number of ether oxygens (including phenoxy) is 3. The molecule has 8 rings (SSSR count). The van der Waals surface area contributed by atoms with Crippen LogP contribution in [0.5, 0.6) is 17.2 Å². The topological polar surface area (TPSA) is 376 Å². The maximum absolute atomic E-state index is 14.5. The second-order valence-electron chi connectivity index (χ2n) is 22.3. The number of rotatable bonds is 28. The fraction of sp³-hybridized carbons (Fsp3) is 0.542. The van der Waals surface area contributed by atoms with Crippen LogP contribution in [0.3, 0.4) is 0 Å². The number of carboxylic acid groups (broad SMARTS) is 3. The van der Waals surface area contributed by atoms with E-state index in [4.69, 9.17) is 30.8 Å². The smallest absolute Gasteiger partial charge is 0.317 e. The first-order chi connectivity index (χ1) is 43.0. The Bertz CT molecular complexity index is 3110. The zero-order valence-corrected chi connectivity index (χ0v) is 50.9. The van der Waals surface area contributed by atoms with E-state index in [-0.39, 0.29) is 141 Å². The molecular weight excluding hydrogens is 1170 g/mol. The number of aromatic nitrogens is 3. The first-order valence-electron chi connectivity index (χ1n) is 30.0. The summed E-state index contributed by atoms with van der Waals surface area (Å²) in [6.45, 7) is 3.18. The molecule has 1 saturated carbocycles. The number of hydrogen-bond donors (Lipinski definition) is 8. The minimum atomic E-state index is -1.09. The summed E-state index contributed by atoms with van der Waals surface area (Å²) in [7, 11) is 1.56. The Labute approximate surface area is 519 Å². The third-order valence-corrected chi connectivity index (χ3v) is 16.9. The van der Waals surface area contributed by atoms with Crippen molar-refractivity contribution in [3.63, 3.8) is 0 Å². The van der Waals surface area contributed by atoms with Crippen molar-refractivity contribution in [2.75, 3.05) is 132 Å². The lowest BCUT2D eigenvalue weighted by Gasteiger charge is -2.35. The lowest BCUT2D eigenvalue weighted by Crippen LogP contribution is -2.54. The number of guanidine groups is 1. The third-order valence-electron chi connectivity index (χ3n) is 16.1. The molecule has 4 amide bonds. The van der Waals surface area contributed by atoms with Crippen molar-refractivity contribution in [2.45, 2.75) is 70.2 Å². The predicted octanol–water partition coefficient (Wildman–Crippen LogP) is 0.442. The molecule has 3 aliphatic heterocycles. The van der Waals surface area contributed by atoms with Gasteiger partial charge in [-0.05, 0) is 68.2 Å². The molecular formula is C59H81N15O14S. The number of aldehydes is 1.